The van der Waals surface area contributed by atoms with Crippen molar-refractivity contribution in [3.8, 4) is 0 Å². The van der Waals surface area contributed by atoms with Crippen molar-refractivity contribution >= 4 is 22.6 Å². The number of alkyl halides is 1. The van der Waals surface area contributed by atoms with Crippen LogP contribution in [0.4, 0.5) is 0 Å². The van der Waals surface area contributed by atoms with Crippen LogP contribution in [0.5, 0.6) is 0 Å². The molecule has 1 nitrogen and oxygen atoms in total. The fourth-order valence-corrected chi connectivity index (χ4v) is 4.01. The van der Waals surface area contributed by atoms with Gasteiger partial charge in [0.2, 0.25) is 0 Å². The number of benzene rings is 1. The zero-order valence-electron chi connectivity index (χ0n) is 12.2. The molecule has 0 N–H and O–H groups in total. The molecule has 1 aliphatic rings. The van der Waals surface area contributed by atoms with E-state index in [4.69, 9.17) is 4.74 Å². The summed E-state index contributed by atoms with van der Waals surface area (Å²) in [6.45, 7) is 6.87. The van der Waals surface area contributed by atoms with Crippen molar-refractivity contribution in [1.29, 1.82) is 0 Å². The smallest absolute Gasteiger partial charge is 0.0918 e. The molecule has 0 bridgehead atoms. The SMILES string of the molecule is Cc1cccc(C(CI)OC2CC(C)CC(C)C2)c1. The standard InChI is InChI=1S/C17H25IO/c1-12-5-4-6-15(8-12)17(11-18)19-16-9-13(2)7-14(3)10-16/h4-6,8,13-14,16-17H,7,9-11H2,1-3H3. The minimum atomic E-state index is 0.253. The fourth-order valence-electron chi connectivity index (χ4n) is 3.29. The Kier molecular flexibility index (Phi) is 5.70. The van der Waals surface area contributed by atoms with Crippen molar-refractivity contribution in [2.75, 3.05) is 4.43 Å². The Hall–Kier alpha value is -0.0900. The minimum Gasteiger partial charge on any atom is -0.369 e. The molecule has 0 saturated heterocycles. The van der Waals surface area contributed by atoms with Crippen LogP contribution in [0.15, 0.2) is 24.3 Å². The summed E-state index contributed by atoms with van der Waals surface area (Å²) >= 11 is 2.45. The van der Waals surface area contributed by atoms with Crippen molar-refractivity contribution < 1.29 is 4.74 Å². The normalized spacial score (nSPS) is 29.2. The number of halogens is 1. The monoisotopic (exact) mass is 372 g/mol. The van der Waals surface area contributed by atoms with Gasteiger partial charge in [-0.25, -0.2) is 0 Å². The molecule has 19 heavy (non-hydrogen) atoms. The van der Waals surface area contributed by atoms with Crippen molar-refractivity contribution in [2.24, 2.45) is 11.8 Å². The summed E-state index contributed by atoms with van der Waals surface area (Å²) in [5.41, 5.74) is 2.65. The van der Waals surface area contributed by atoms with Gasteiger partial charge in [0, 0.05) is 4.43 Å². The first-order chi connectivity index (χ1) is 9.08. The first kappa shape index (κ1) is 15.3. The van der Waals surface area contributed by atoms with Gasteiger partial charge in [-0.05, 0) is 43.6 Å². The molecule has 1 aromatic carbocycles. The second-order valence-electron chi connectivity index (χ2n) is 6.23. The van der Waals surface area contributed by atoms with E-state index < -0.39 is 0 Å². The maximum atomic E-state index is 6.41. The van der Waals surface area contributed by atoms with Gasteiger partial charge in [-0.2, -0.15) is 0 Å². The summed E-state index contributed by atoms with van der Waals surface area (Å²) in [6.07, 6.45) is 4.51. The van der Waals surface area contributed by atoms with Crippen LogP contribution in [-0.4, -0.2) is 10.5 Å². The predicted octanol–water partition coefficient (Wildman–Crippen LogP) is 5.31. The lowest BCUT2D eigenvalue weighted by Crippen LogP contribution is -2.28. The molecule has 0 heterocycles. The van der Waals surface area contributed by atoms with Gasteiger partial charge in [0.25, 0.3) is 0 Å². The summed E-state index contributed by atoms with van der Waals surface area (Å²) in [6, 6.07) is 8.75. The van der Waals surface area contributed by atoms with Gasteiger partial charge in [0.15, 0.2) is 0 Å². The molecule has 0 aliphatic heterocycles. The van der Waals surface area contributed by atoms with Crippen molar-refractivity contribution in [1.82, 2.24) is 0 Å². The number of hydrogen-bond acceptors (Lipinski definition) is 1. The van der Waals surface area contributed by atoms with Crippen LogP contribution in [-0.2, 0) is 4.74 Å². The molecule has 0 aromatic heterocycles. The molecule has 1 fully saturated rings. The van der Waals surface area contributed by atoms with E-state index in [0.29, 0.717) is 6.10 Å². The zero-order valence-corrected chi connectivity index (χ0v) is 14.4. The summed E-state index contributed by atoms with van der Waals surface area (Å²) in [4.78, 5) is 0. The van der Waals surface area contributed by atoms with E-state index in [0.717, 1.165) is 16.3 Å². The van der Waals surface area contributed by atoms with Crippen molar-refractivity contribution in [3.05, 3.63) is 35.4 Å². The molecule has 0 spiro atoms. The molecule has 2 rings (SSSR count). The lowest BCUT2D eigenvalue weighted by molar-refractivity contribution is -0.0394. The number of rotatable bonds is 4. The molecule has 1 saturated carbocycles. The molecule has 0 radical (unpaired) electrons. The van der Waals surface area contributed by atoms with Gasteiger partial charge >= 0.3 is 0 Å². The van der Waals surface area contributed by atoms with E-state index in [1.165, 1.54) is 30.4 Å². The Morgan fingerprint density at radius 1 is 1.21 bits per heavy atom. The van der Waals surface area contributed by atoms with Crippen molar-refractivity contribution in [3.63, 3.8) is 0 Å². The summed E-state index contributed by atoms with van der Waals surface area (Å²) in [5.74, 6) is 1.61. The average Bonchev–Trinajstić information content (AvgIpc) is 2.34. The van der Waals surface area contributed by atoms with Crippen molar-refractivity contribution in [2.45, 2.75) is 52.2 Å². The topological polar surface area (TPSA) is 9.23 Å². The quantitative estimate of drug-likeness (QED) is 0.514. The lowest BCUT2D eigenvalue weighted by atomic mass is 9.81. The Morgan fingerprint density at radius 2 is 1.89 bits per heavy atom. The second kappa shape index (κ2) is 7.07. The third-order valence-corrected chi connectivity index (χ3v) is 4.85. The van der Waals surface area contributed by atoms with Crippen LogP contribution in [0.1, 0.15) is 50.3 Å². The maximum Gasteiger partial charge on any atom is 0.0918 e. The van der Waals surface area contributed by atoms with E-state index in [9.17, 15) is 0 Å². The van der Waals surface area contributed by atoms with Gasteiger partial charge in [0.05, 0.1) is 12.2 Å². The van der Waals surface area contributed by atoms with E-state index in [1.807, 2.05) is 0 Å². The van der Waals surface area contributed by atoms with E-state index in [2.05, 4.69) is 67.6 Å². The Morgan fingerprint density at radius 3 is 2.47 bits per heavy atom. The van der Waals surface area contributed by atoms with Crippen LogP contribution < -0.4 is 0 Å². The first-order valence-corrected chi connectivity index (χ1v) is 8.89. The van der Waals surface area contributed by atoms with Gasteiger partial charge in [-0.1, -0.05) is 66.3 Å². The third-order valence-electron chi connectivity index (χ3n) is 4.05. The Bertz CT molecular complexity index is 394. The lowest BCUT2D eigenvalue weighted by Gasteiger charge is -2.33. The predicted molar refractivity (Wildman–Crippen MR) is 89.9 cm³/mol. The second-order valence-corrected chi connectivity index (χ2v) is 7.11. The number of ether oxygens (including phenoxy) is 1. The molecule has 2 heteroatoms. The summed E-state index contributed by atoms with van der Waals surface area (Å²) in [7, 11) is 0. The van der Waals surface area contributed by atoms with E-state index in [-0.39, 0.29) is 6.10 Å². The molecule has 1 aliphatic carbocycles. The van der Waals surface area contributed by atoms with Crippen LogP contribution in [0.2, 0.25) is 0 Å². The Labute approximate surface area is 131 Å². The maximum absolute atomic E-state index is 6.41. The number of hydrogen-bond donors (Lipinski definition) is 0. The Balaban J connectivity index is 2.02. The summed E-state index contributed by atoms with van der Waals surface area (Å²) < 4.78 is 7.44. The molecular weight excluding hydrogens is 347 g/mol. The van der Waals surface area contributed by atoms with E-state index >= 15 is 0 Å². The summed E-state index contributed by atoms with van der Waals surface area (Å²) in [5, 5.41) is 0. The highest BCUT2D eigenvalue weighted by Gasteiger charge is 2.27. The molecule has 1 aromatic rings. The molecular formula is C17H25IO. The average molecular weight is 372 g/mol. The molecule has 3 atom stereocenters. The van der Waals surface area contributed by atoms with Gasteiger partial charge in [-0.15, -0.1) is 0 Å². The highest BCUT2D eigenvalue weighted by Crippen LogP contribution is 2.34. The van der Waals surface area contributed by atoms with Gasteiger partial charge in [-0.3, -0.25) is 0 Å². The first-order valence-electron chi connectivity index (χ1n) is 7.36. The van der Waals surface area contributed by atoms with Gasteiger partial charge < -0.3 is 4.74 Å². The highest BCUT2D eigenvalue weighted by molar-refractivity contribution is 14.1. The van der Waals surface area contributed by atoms with Crippen LogP contribution in [0.25, 0.3) is 0 Å². The largest absolute Gasteiger partial charge is 0.369 e. The highest BCUT2D eigenvalue weighted by atomic mass is 127. The minimum absolute atomic E-state index is 0.253. The molecule has 3 unspecified atom stereocenters. The van der Waals surface area contributed by atoms with Gasteiger partial charge in [0.1, 0.15) is 0 Å². The molecule has 0 amide bonds. The fraction of sp³-hybridized carbons (Fsp3) is 0.647. The zero-order chi connectivity index (χ0) is 13.8. The van der Waals surface area contributed by atoms with E-state index in [1.54, 1.807) is 0 Å². The third kappa shape index (κ3) is 4.45. The number of aryl methyl sites for hydroxylation is 1. The van der Waals surface area contributed by atoms with Crippen LogP contribution >= 0.6 is 22.6 Å². The van der Waals surface area contributed by atoms with Crippen LogP contribution in [0.3, 0.4) is 0 Å². The molecule has 106 valence electrons. The van der Waals surface area contributed by atoms with Crippen LogP contribution in [0, 0.1) is 18.8 Å².